The molecule has 7 heteroatoms. The van der Waals surface area contributed by atoms with Crippen LogP contribution in [0.2, 0.25) is 10.0 Å². The molecule has 0 amide bonds. The fraction of sp³-hybridized carbons (Fsp3) is 0.385. The second-order valence-corrected chi connectivity index (χ2v) is 5.55. The summed E-state index contributed by atoms with van der Waals surface area (Å²) in [6.45, 7) is 0.798. The summed E-state index contributed by atoms with van der Waals surface area (Å²) >= 11 is 12.0. The van der Waals surface area contributed by atoms with Crippen molar-refractivity contribution in [2.75, 3.05) is 12.3 Å². The molecule has 1 fully saturated rings. The lowest BCUT2D eigenvalue weighted by molar-refractivity contribution is 0.109. The van der Waals surface area contributed by atoms with Crippen molar-refractivity contribution in [2.24, 2.45) is 0 Å². The number of halogens is 2. The second kappa shape index (κ2) is 5.60. The van der Waals surface area contributed by atoms with Gasteiger partial charge in [0.2, 0.25) is 0 Å². The highest BCUT2D eigenvalue weighted by Gasteiger charge is 2.20. The molecule has 1 unspecified atom stereocenters. The van der Waals surface area contributed by atoms with E-state index in [0.717, 1.165) is 19.4 Å². The summed E-state index contributed by atoms with van der Waals surface area (Å²) in [5.74, 6) is 0.919. The van der Waals surface area contributed by atoms with E-state index < -0.39 is 0 Å². The van der Waals surface area contributed by atoms with Gasteiger partial charge in [-0.15, -0.1) is 0 Å². The first kappa shape index (κ1) is 13.7. The molecule has 1 atom stereocenters. The number of ether oxygens (including phenoxy) is 1. The van der Waals surface area contributed by atoms with E-state index in [1.54, 1.807) is 12.1 Å². The maximum absolute atomic E-state index is 5.99. The quantitative estimate of drug-likeness (QED) is 0.879. The molecule has 1 aromatic carbocycles. The van der Waals surface area contributed by atoms with Gasteiger partial charge in [0.25, 0.3) is 5.89 Å². The molecule has 0 bridgehead atoms. The summed E-state index contributed by atoms with van der Waals surface area (Å²) in [4.78, 5) is 4.33. The van der Waals surface area contributed by atoms with Crippen LogP contribution in [0.5, 0.6) is 0 Å². The molecule has 2 aromatic rings. The van der Waals surface area contributed by atoms with Crippen molar-refractivity contribution < 1.29 is 9.26 Å². The standard InChI is InChI=1S/C13H13Cl2N3O2/c14-7-4-9(12(16)10(15)5-7)13-17-11(18-20-13)6-8-2-1-3-19-8/h4-5,8H,1-3,6,16H2. The van der Waals surface area contributed by atoms with Crippen LogP contribution < -0.4 is 5.73 Å². The fourth-order valence-corrected chi connectivity index (χ4v) is 2.71. The summed E-state index contributed by atoms with van der Waals surface area (Å²) in [6.07, 6.45) is 2.90. The number of rotatable bonds is 3. The average Bonchev–Trinajstić information content (AvgIpc) is 3.06. The number of benzene rings is 1. The van der Waals surface area contributed by atoms with E-state index in [-0.39, 0.29) is 6.10 Å². The summed E-state index contributed by atoms with van der Waals surface area (Å²) in [5.41, 5.74) is 6.84. The van der Waals surface area contributed by atoms with Crippen LogP contribution in [0.3, 0.4) is 0 Å². The zero-order valence-electron chi connectivity index (χ0n) is 10.6. The third-order valence-corrected chi connectivity index (χ3v) is 3.76. The van der Waals surface area contributed by atoms with Gasteiger partial charge in [0.1, 0.15) is 0 Å². The van der Waals surface area contributed by atoms with Crippen LogP contribution in [-0.2, 0) is 11.2 Å². The Labute approximate surface area is 126 Å². The minimum Gasteiger partial charge on any atom is -0.397 e. The van der Waals surface area contributed by atoms with Crippen LogP contribution in [-0.4, -0.2) is 22.9 Å². The number of hydrogen-bond donors (Lipinski definition) is 1. The maximum atomic E-state index is 5.99. The molecule has 1 aliphatic heterocycles. The summed E-state index contributed by atoms with van der Waals surface area (Å²) in [6, 6.07) is 3.23. The third kappa shape index (κ3) is 2.75. The Bertz CT molecular complexity index is 624. The molecule has 5 nitrogen and oxygen atoms in total. The highest BCUT2D eigenvalue weighted by atomic mass is 35.5. The number of nitrogen functional groups attached to an aromatic ring is 1. The van der Waals surface area contributed by atoms with E-state index in [2.05, 4.69) is 10.1 Å². The van der Waals surface area contributed by atoms with Gasteiger partial charge in [-0.3, -0.25) is 0 Å². The highest BCUT2D eigenvalue weighted by molar-refractivity contribution is 6.37. The Morgan fingerprint density at radius 3 is 2.95 bits per heavy atom. The molecule has 106 valence electrons. The molecule has 3 rings (SSSR count). The lowest BCUT2D eigenvalue weighted by Crippen LogP contribution is -2.09. The highest BCUT2D eigenvalue weighted by Crippen LogP contribution is 2.34. The van der Waals surface area contributed by atoms with Crippen molar-refractivity contribution in [2.45, 2.75) is 25.4 Å². The molecule has 1 aromatic heterocycles. The van der Waals surface area contributed by atoms with Crippen molar-refractivity contribution in [1.82, 2.24) is 10.1 Å². The van der Waals surface area contributed by atoms with Gasteiger partial charge in [0, 0.05) is 18.1 Å². The van der Waals surface area contributed by atoms with Crippen LogP contribution in [0.1, 0.15) is 18.7 Å². The van der Waals surface area contributed by atoms with Crippen LogP contribution >= 0.6 is 23.2 Å². The number of aromatic nitrogens is 2. The summed E-state index contributed by atoms with van der Waals surface area (Å²) in [7, 11) is 0. The molecular weight excluding hydrogens is 301 g/mol. The zero-order chi connectivity index (χ0) is 14.1. The van der Waals surface area contributed by atoms with Crippen molar-refractivity contribution in [3.05, 3.63) is 28.0 Å². The SMILES string of the molecule is Nc1c(Cl)cc(Cl)cc1-c1nc(CC2CCCO2)no1. The van der Waals surface area contributed by atoms with E-state index in [1.165, 1.54) is 0 Å². The van der Waals surface area contributed by atoms with Gasteiger partial charge in [0.05, 0.1) is 22.4 Å². The van der Waals surface area contributed by atoms with Gasteiger partial charge < -0.3 is 15.0 Å². The third-order valence-electron chi connectivity index (χ3n) is 3.23. The average molecular weight is 314 g/mol. The van der Waals surface area contributed by atoms with Crippen LogP contribution in [0.4, 0.5) is 5.69 Å². The van der Waals surface area contributed by atoms with Gasteiger partial charge >= 0.3 is 0 Å². The predicted molar refractivity (Wildman–Crippen MR) is 76.8 cm³/mol. The van der Waals surface area contributed by atoms with E-state index >= 15 is 0 Å². The first-order valence-corrected chi connectivity index (χ1v) is 7.08. The largest absolute Gasteiger partial charge is 0.397 e. The molecule has 0 saturated carbocycles. The number of nitrogens with two attached hydrogens (primary N) is 1. The molecule has 0 radical (unpaired) electrons. The monoisotopic (exact) mass is 313 g/mol. The fourth-order valence-electron chi connectivity index (χ4n) is 2.22. The van der Waals surface area contributed by atoms with Gasteiger partial charge in [-0.25, -0.2) is 0 Å². The number of hydrogen-bond acceptors (Lipinski definition) is 5. The lowest BCUT2D eigenvalue weighted by atomic mass is 10.1. The van der Waals surface area contributed by atoms with Crippen molar-refractivity contribution in [3.8, 4) is 11.5 Å². The molecule has 20 heavy (non-hydrogen) atoms. The summed E-state index contributed by atoms with van der Waals surface area (Å²) in [5, 5.41) is 4.79. The van der Waals surface area contributed by atoms with E-state index in [4.69, 9.17) is 38.2 Å². The molecule has 0 spiro atoms. The Morgan fingerprint density at radius 2 is 2.20 bits per heavy atom. The van der Waals surface area contributed by atoms with Crippen LogP contribution in [0, 0.1) is 0 Å². The predicted octanol–water partition coefficient (Wildman–Crippen LogP) is 3.35. The zero-order valence-corrected chi connectivity index (χ0v) is 12.1. The smallest absolute Gasteiger partial charge is 0.260 e. The molecule has 2 heterocycles. The van der Waals surface area contributed by atoms with Crippen LogP contribution in [0.15, 0.2) is 16.7 Å². The Morgan fingerprint density at radius 1 is 1.35 bits per heavy atom. The van der Waals surface area contributed by atoms with E-state index in [1.807, 2.05) is 0 Å². The van der Waals surface area contributed by atoms with Crippen molar-refractivity contribution in [1.29, 1.82) is 0 Å². The normalized spacial score (nSPS) is 18.6. The van der Waals surface area contributed by atoms with Crippen molar-refractivity contribution >= 4 is 28.9 Å². The van der Waals surface area contributed by atoms with E-state index in [0.29, 0.717) is 39.4 Å². The summed E-state index contributed by atoms with van der Waals surface area (Å²) < 4.78 is 10.8. The molecule has 1 aliphatic rings. The maximum Gasteiger partial charge on any atom is 0.260 e. The Kier molecular flexibility index (Phi) is 3.83. The number of anilines is 1. The number of nitrogens with zero attached hydrogens (tertiary/aromatic N) is 2. The molecule has 1 saturated heterocycles. The first-order valence-electron chi connectivity index (χ1n) is 6.32. The van der Waals surface area contributed by atoms with E-state index in [9.17, 15) is 0 Å². The molecule has 2 N–H and O–H groups in total. The second-order valence-electron chi connectivity index (χ2n) is 4.70. The minimum absolute atomic E-state index is 0.167. The molecular formula is C13H13Cl2N3O2. The lowest BCUT2D eigenvalue weighted by Gasteiger charge is -2.04. The van der Waals surface area contributed by atoms with Crippen molar-refractivity contribution in [3.63, 3.8) is 0 Å². The van der Waals surface area contributed by atoms with Crippen LogP contribution in [0.25, 0.3) is 11.5 Å². The topological polar surface area (TPSA) is 74.2 Å². The minimum atomic E-state index is 0.167. The van der Waals surface area contributed by atoms with Gasteiger partial charge in [-0.1, -0.05) is 28.4 Å². The Hall–Kier alpha value is -1.30. The van der Waals surface area contributed by atoms with Gasteiger partial charge in [-0.2, -0.15) is 4.98 Å². The van der Waals surface area contributed by atoms with Gasteiger partial charge in [-0.05, 0) is 25.0 Å². The van der Waals surface area contributed by atoms with Gasteiger partial charge in [0.15, 0.2) is 5.82 Å². The first-order chi connectivity index (χ1) is 9.63. The molecule has 0 aliphatic carbocycles. The Balaban J connectivity index is 1.86.